The highest BCUT2D eigenvalue weighted by molar-refractivity contribution is 7.10. The molecule has 0 bridgehead atoms. The van der Waals surface area contributed by atoms with E-state index in [1.54, 1.807) is 11.3 Å². The molecule has 0 fully saturated rings. The van der Waals surface area contributed by atoms with Gasteiger partial charge in [-0.3, -0.25) is 4.79 Å². The van der Waals surface area contributed by atoms with Crippen LogP contribution in [0.1, 0.15) is 17.8 Å². The molecule has 0 aliphatic rings. The number of hydrogen-bond donors (Lipinski definition) is 2. The van der Waals surface area contributed by atoms with Crippen LogP contribution in [-0.4, -0.2) is 12.5 Å². The molecule has 2 aromatic rings. The van der Waals surface area contributed by atoms with E-state index in [0.29, 0.717) is 5.75 Å². The predicted octanol–water partition coefficient (Wildman–Crippen LogP) is 2.79. The van der Waals surface area contributed by atoms with Gasteiger partial charge in [0, 0.05) is 10.6 Å². The molecule has 1 amide bonds. The molecule has 0 radical (unpaired) electrons. The van der Waals surface area contributed by atoms with Crippen LogP contribution in [-0.2, 0) is 4.79 Å². The van der Waals surface area contributed by atoms with Gasteiger partial charge in [0.05, 0.1) is 6.04 Å². The summed E-state index contributed by atoms with van der Waals surface area (Å²) in [7, 11) is 0. The largest absolute Gasteiger partial charge is 0.484 e. The fourth-order valence-electron chi connectivity index (χ4n) is 1.66. The van der Waals surface area contributed by atoms with Crippen LogP contribution in [0.15, 0.2) is 41.8 Å². The third-order valence-electron chi connectivity index (χ3n) is 2.59. The zero-order chi connectivity index (χ0) is 13.7. The molecule has 0 saturated heterocycles. The summed E-state index contributed by atoms with van der Waals surface area (Å²) in [6, 6.07) is 11.9. The van der Waals surface area contributed by atoms with E-state index in [9.17, 15) is 4.79 Å². The van der Waals surface area contributed by atoms with Gasteiger partial charge in [-0.2, -0.15) is 0 Å². The van der Waals surface area contributed by atoms with Crippen LogP contribution >= 0.6 is 11.3 Å². The van der Waals surface area contributed by atoms with Crippen LogP contribution in [0.3, 0.4) is 0 Å². The summed E-state index contributed by atoms with van der Waals surface area (Å²) in [5.74, 6) is 0.154. The molecule has 0 aliphatic heterocycles. The zero-order valence-electron chi connectivity index (χ0n) is 10.6. The Hall–Kier alpha value is -2.01. The number of carbonyl (C=O) groups is 1. The van der Waals surface area contributed by atoms with Gasteiger partial charge in [-0.05, 0) is 42.6 Å². The van der Waals surface area contributed by atoms with Crippen molar-refractivity contribution in [2.24, 2.45) is 5.73 Å². The normalized spacial score (nSPS) is 11.8. The topological polar surface area (TPSA) is 64.3 Å². The van der Waals surface area contributed by atoms with Crippen LogP contribution in [0.2, 0.25) is 0 Å². The van der Waals surface area contributed by atoms with Crippen molar-refractivity contribution in [1.82, 2.24) is 0 Å². The Morgan fingerprint density at radius 1 is 1.37 bits per heavy atom. The number of rotatable bonds is 6. The highest BCUT2D eigenvalue weighted by Gasteiger charge is 2.06. The van der Waals surface area contributed by atoms with E-state index >= 15 is 0 Å². The molecule has 3 N–H and O–H groups in total. The van der Waals surface area contributed by atoms with Gasteiger partial charge in [0.1, 0.15) is 5.75 Å². The highest BCUT2D eigenvalue weighted by Crippen LogP contribution is 2.24. The van der Waals surface area contributed by atoms with Gasteiger partial charge in [-0.25, -0.2) is 0 Å². The summed E-state index contributed by atoms with van der Waals surface area (Å²) in [4.78, 5) is 11.9. The molecule has 1 unspecified atom stereocenters. The number of primary amides is 1. The number of anilines is 1. The maximum absolute atomic E-state index is 10.6. The molecular formula is C14H16N2O2S. The summed E-state index contributed by atoms with van der Waals surface area (Å²) < 4.78 is 5.20. The maximum atomic E-state index is 10.6. The second kappa shape index (κ2) is 6.24. The molecule has 5 heteroatoms. The first-order valence-corrected chi connectivity index (χ1v) is 6.84. The monoisotopic (exact) mass is 276 g/mol. The van der Waals surface area contributed by atoms with Crippen molar-refractivity contribution in [3.63, 3.8) is 0 Å². The average molecular weight is 276 g/mol. The SMILES string of the molecule is CC(Nc1ccc(OCC(N)=O)cc1)c1cccs1. The summed E-state index contributed by atoms with van der Waals surface area (Å²) in [6.45, 7) is 2.02. The number of carbonyl (C=O) groups excluding carboxylic acids is 1. The number of nitrogens with two attached hydrogens (primary N) is 1. The van der Waals surface area contributed by atoms with Gasteiger partial charge in [-0.1, -0.05) is 6.07 Å². The van der Waals surface area contributed by atoms with Gasteiger partial charge < -0.3 is 15.8 Å². The Kier molecular flexibility index (Phi) is 4.41. The Morgan fingerprint density at radius 3 is 2.68 bits per heavy atom. The zero-order valence-corrected chi connectivity index (χ0v) is 11.4. The fourth-order valence-corrected chi connectivity index (χ4v) is 2.40. The molecule has 100 valence electrons. The summed E-state index contributed by atoms with van der Waals surface area (Å²) in [5, 5.41) is 5.46. The number of thiophene rings is 1. The number of benzene rings is 1. The lowest BCUT2D eigenvalue weighted by Crippen LogP contribution is -2.19. The molecular weight excluding hydrogens is 260 g/mol. The number of nitrogens with one attached hydrogen (secondary N) is 1. The average Bonchev–Trinajstić information content (AvgIpc) is 2.92. The van der Waals surface area contributed by atoms with Crippen LogP contribution in [0.4, 0.5) is 5.69 Å². The first-order chi connectivity index (χ1) is 9.15. The van der Waals surface area contributed by atoms with Crippen LogP contribution < -0.4 is 15.8 Å². The molecule has 1 heterocycles. The molecule has 0 aliphatic carbocycles. The van der Waals surface area contributed by atoms with E-state index in [-0.39, 0.29) is 12.6 Å². The standard InChI is InChI=1S/C14H16N2O2S/c1-10(13-3-2-8-19-13)16-11-4-6-12(7-5-11)18-9-14(15)17/h2-8,10,16H,9H2,1H3,(H2,15,17). The van der Waals surface area contributed by atoms with E-state index < -0.39 is 5.91 Å². The van der Waals surface area contributed by atoms with Gasteiger partial charge in [0.15, 0.2) is 6.61 Å². The van der Waals surface area contributed by atoms with Crippen molar-refractivity contribution < 1.29 is 9.53 Å². The van der Waals surface area contributed by atoms with E-state index in [0.717, 1.165) is 5.69 Å². The van der Waals surface area contributed by atoms with E-state index in [2.05, 4.69) is 23.7 Å². The minimum atomic E-state index is -0.478. The first-order valence-electron chi connectivity index (χ1n) is 5.96. The minimum absolute atomic E-state index is 0.0988. The lowest BCUT2D eigenvalue weighted by molar-refractivity contribution is -0.119. The van der Waals surface area contributed by atoms with Crippen molar-refractivity contribution in [1.29, 1.82) is 0 Å². The summed E-state index contributed by atoms with van der Waals surface area (Å²) in [5.41, 5.74) is 6.02. The molecule has 2 rings (SSSR count). The summed E-state index contributed by atoms with van der Waals surface area (Å²) >= 11 is 1.73. The molecule has 1 aromatic carbocycles. The fraction of sp³-hybridized carbons (Fsp3) is 0.214. The molecule has 4 nitrogen and oxygen atoms in total. The van der Waals surface area contributed by atoms with Gasteiger partial charge >= 0.3 is 0 Å². The third-order valence-corrected chi connectivity index (χ3v) is 3.64. The lowest BCUT2D eigenvalue weighted by Gasteiger charge is -2.14. The second-order valence-electron chi connectivity index (χ2n) is 4.16. The number of hydrogen-bond acceptors (Lipinski definition) is 4. The minimum Gasteiger partial charge on any atom is -0.484 e. The molecule has 1 atom stereocenters. The van der Waals surface area contributed by atoms with Crippen molar-refractivity contribution in [2.45, 2.75) is 13.0 Å². The Balaban J connectivity index is 1.93. The van der Waals surface area contributed by atoms with E-state index in [1.165, 1.54) is 4.88 Å². The van der Waals surface area contributed by atoms with Crippen molar-refractivity contribution in [3.05, 3.63) is 46.7 Å². The molecule has 0 spiro atoms. The van der Waals surface area contributed by atoms with Gasteiger partial charge in [0.2, 0.25) is 0 Å². The first kappa shape index (κ1) is 13.4. The Morgan fingerprint density at radius 2 is 2.11 bits per heavy atom. The van der Waals surface area contributed by atoms with Gasteiger partial charge in [-0.15, -0.1) is 11.3 Å². The molecule has 1 aromatic heterocycles. The number of ether oxygens (including phenoxy) is 1. The second-order valence-corrected chi connectivity index (χ2v) is 5.14. The van der Waals surface area contributed by atoms with Gasteiger partial charge in [0.25, 0.3) is 5.91 Å². The van der Waals surface area contributed by atoms with Crippen molar-refractivity contribution in [2.75, 3.05) is 11.9 Å². The predicted molar refractivity (Wildman–Crippen MR) is 77.5 cm³/mol. The number of amides is 1. The molecule has 19 heavy (non-hydrogen) atoms. The third kappa shape index (κ3) is 3.99. The highest BCUT2D eigenvalue weighted by atomic mass is 32.1. The Labute approximate surface area is 116 Å². The van der Waals surface area contributed by atoms with Crippen LogP contribution in [0, 0.1) is 0 Å². The van der Waals surface area contributed by atoms with E-state index in [4.69, 9.17) is 10.5 Å². The smallest absolute Gasteiger partial charge is 0.255 e. The Bertz CT molecular complexity index is 523. The van der Waals surface area contributed by atoms with E-state index in [1.807, 2.05) is 30.3 Å². The quantitative estimate of drug-likeness (QED) is 0.852. The van der Waals surface area contributed by atoms with Crippen LogP contribution in [0.25, 0.3) is 0 Å². The summed E-state index contributed by atoms with van der Waals surface area (Å²) in [6.07, 6.45) is 0. The van der Waals surface area contributed by atoms with Crippen LogP contribution in [0.5, 0.6) is 5.75 Å². The maximum Gasteiger partial charge on any atom is 0.255 e. The lowest BCUT2D eigenvalue weighted by atomic mass is 10.2. The molecule has 0 saturated carbocycles. The van der Waals surface area contributed by atoms with Crippen molar-refractivity contribution >= 4 is 22.9 Å². The van der Waals surface area contributed by atoms with Crippen molar-refractivity contribution in [3.8, 4) is 5.75 Å².